The van der Waals surface area contributed by atoms with E-state index >= 15 is 0 Å². The third kappa shape index (κ3) is 7.78. The van der Waals surface area contributed by atoms with E-state index in [1.165, 1.54) is 37.6 Å². The van der Waals surface area contributed by atoms with Gasteiger partial charge >= 0.3 is 12.1 Å². The van der Waals surface area contributed by atoms with Crippen molar-refractivity contribution in [2.24, 2.45) is 0 Å². The van der Waals surface area contributed by atoms with Gasteiger partial charge in [-0.3, -0.25) is 10.1 Å². The van der Waals surface area contributed by atoms with Crippen LogP contribution in [0.2, 0.25) is 5.02 Å². The van der Waals surface area contributed by atoms with Crippen LogP contribution >= 0.6 is 11.6 Å². The fourth-order valence-corrected chi connectivity index (χ4v) is 5.12. The third-order valence-electron chi connectivity index (χ3n) is 7.14. The zero-order valence-corrected chi connectivity index (χ0v) is 25.2. The number of hydrogen-bond acceptors (Lipinski definition) is 11. The Morgan fingerprint density at radius 2 is 1.89 bits per heavy atom. The minimum Gasteiger partial charge on any atom is -0.467 e. The SMILES string of the molecule is COC(=O)Nc1ccc2c(c1)NC(C(=O)OC)CCCCC(NC(=O)C=Cc1cc(Cl)ccc1-n1cnnn1)c1cc-2ncn1. The number of aromatic nitrogens is 6. The van der Waals surface area contributed by atoms with E-state index in [9.17, 15) is 14.4 Å². The lowest BCUT2D eigenvalue weighted by Crippen LogP contribution is -2.31. The zero-order chi connectivity index (χ0) is 31.8. The number of fused-ring (bicyclic) bond motifs is 4. The summed E-state index contributed by atoms with van der Waals surface area (Å²) in [6.45, 7) is 0. The number of tetrazole rings is 1. The molecule has 0 saturated heterocycles. The Balaban J connectivity index is 1.45. The van der Waals surface area contributed by atoms with Crippen LogP contribution in [0.4, 0.5) is 16.2 Å². The van der Waals surface area contributed by atoms with Crippen LogP contribution in [0.15, 0.2) is 61.2 Å². The van der Waals surface area contributed by atoms with Gasteiger partial charge in [-0.15, -0.1) is 5.10 Å². The number of anilines is 2. The molecule has 3 heterocycles. The van der Waals surface area contributed by atoms with E-state index in [0.717, 1.165) is 0 Å². The van der Waals surface area contributed by atoms with Gasteiger partial charge in [-0.05, 0) is 71.8 Å². The van der Waals surface area contributed by atoms with Gasteiger partial charge in [0.15, 0.2) is 0 Å². The molecule has 232 valence electrons. The number of hydrogen-bond donors (Lipinski definition) is 3. The largest absolute Gasteiger partial charge is 0.467 e. The summed E-state index contributed by atoms with van der Waals surface area (Å²) in [5.74, 6) is -0.771. The number of methoxy groups -OCH3 is 2. The minimum absolute atomic E-state index is 0.345. The number of nitrogens with zero attached hydrogens (tertiary/aromatic N) is 6. The molecule has 2 atom stereocenters. The maximum absolute atomic E-state index is 13.2. The number of halogens is 1. The molecule has 2 amide bonds. The average molecular weight is 632 g/mol. The highest BCUT2D eigenvalue weighted by Crippen LogP contribution is 2.33. The van der Waals surface area contributed by atoms with E-state index < -0.39 is 24.1 Å². The van der Waals surface area contributed by atoms with Gasteiger partial charge in [-0.25, -0.2) is 19.6 Å². The molecule has 2 bridgehead atoms. The molecular weight excluding hydrogens is 602 g/mol. The molecule has 2 aromatic carbocycles. The fourth-order valence-electron chi connectivity index (χ4n) is 4.94. The Kier molecular flexibility index (Phi) is 9.94. The molecule has 45 heavy (non-hydrogen) atoms. The summed E-state index contributed by atoms with van der Waals surface area (Å²) in [4.78, 5) is 46.8. The molecule has 0 radical (unpaired) electrons. The topological polar surface area (TPSA) is 175 Å². The maximum atomic E-state index is 13.2. The van der Waals surface area contributed by atoms with Crippen molar-refractivity contribution in [2.45, 2.75) is 37.8 Å². The Morgan fingerprint density at radius 1 is 1.04 bits per heavy atom. The van der Waals surface area contributed by atoms with Crippen molar-refractivity contribution in [1.82, 2.24) is 35.5 Å². The van der Waals surface area contributed by atoms with Crippen LogP contribution in [0.1, 0.15) is 43.0 Å². The van der Waals surface area contributed by atoms with Gasteiger partial charge in [-0.1, -0.05) is 24.4 Å². The summed E-state index contributed by atoms with van der Waals surface area (Å²) in [5, 5.41) is 20.7. The average Bonchev–Trinajstić information content (AvgIpc) is 3.59. The lowest BCUT2D eigenvalue weighted by atomic mass is 9.98. The van der Waals surface area contributed by atoms with Gasteiger partial charge in [0.2, 0.25) is 5.91 Å². The molecule has 0 spiro atoms. The quantitative estimate of drug-likeness (QED) is 0.204. The Labute approximate surface area is 263 Å². The van der Waals surface area contributed by atoms with E-state index in [4.69, 9.17) is 21.1 Å². The zero-order valence-electron chi connectivity index (χ0n) is 24.4. The summed E-state index contributed by atoms with van der Waals surface area (Å²) in [6, 6.07) is 11.0. The molecule has 0 aliphatic carbocycles. The highest BCUT2D eigenvalue weighted by Gasteiger charge is 2.24. The molecule has 2 unspecified atom stereocenters. The van der Waals surface area contributed by atoms with Crippen LogP contribution < -0.4 is 16.0 Å². The highest BCUT2D eigenvalue weighted by atomic mass is 35.5. The summed E-state index contributed by atoms with van der Waals surface area (Å²) in [5.41, 5.74) is 4.13. The minimum atomic E-state index is -0.661. The number of ether oxygens (including phenoxy) is 2. The van der Waals surface area contributed by atoms with E-state index in [-0.39, 0.29) is 5.91 Å². The van der Waals surface area contributed by atoms with Crippen molar-refractivity contribution >= 4 is 47.0 Å². The first kappa shape index (κ1) is 31.1. The van der Waals surface area contributed by atoms with Gasteiger partial charge in [0.25, 0.3) is 0 Å². The van der Waals surface area contributed by atoms with E-state index in [2.05, 4.69) is 41.4 Å². The van der Waals surface area contributed by atoms with E-state index in [0.29, 0.717) is 70.3 Å². The molecule has 1 aliphatic heterocycles. The second-order valence-electron chi connectivity index (χ2n) is 10.1. The number of carbonyl (C=O) groups is 3. The second kappa shape index (κ2) is 14.4. The van der Waals surface area contributed by atoms with Crippen molar-refractivity contribution in [3.05, 3.63) is 77.5 Å². The lowest BCUT2D eigenvalue weighted by Gasteiger charge is -2.23. The molecule has 5 rings (SSSR count). The molecule has 4 aromatic rings. The van der Waals surface area contributed by atoms with Crippen molar-refractivity contribution in [3.8, 4) is 16.9 Å². The van der Waals surface area contributed by atoms with E-state index in [1.807, 2.05) is 0 Å². The third-order valence-corrected chi connectivity index (χ3v) is 7.37. The molecule has 1 aliphatic rings. The van der Waals surface area contributed by atoms with Gasteiger partial charge in [0, 0.05) is 33.6 Å². The standard InChI is InChI=1S/C30H30ClN9O5/c1-44-29(42)23-6-4-3-5-22(37-28(41)12-7-18-13-19(31)8-11-27(18)40-17-34-38-39-40)26-15-24(32-16-33-26)21-10-9-20(14-25(21)36-23)35-30(43)45-2/h7-17,22-23,36H,3-6H2,1-2H3,(H,35,43)(H,37,41). The van der Waals surface area contributed by atoms with Crippen LogP contribution in [0.3, 0.4) is 0 Å². The number of benzene rings is 2. The van der Waals surface area contributed by atoms with Gasteiger partial charge in [0.05, 0.1) is 37.3 Å². The van der Waals surface area contributed by atoms with E-state index in [1.54, 1.807) is 48.5 Å². The molecule has 15 heteroatoms. The summed E-state index contributed by atoms with van der Waals surface area (Å²) < 4.78 is 11.3. The smallest absolute Gasteiger partial charge is 0.411 e. The molecule has 14 nitrogen and oxygen atoms in total. The number of esters is 1. The molecule has 0 fully saturated rings. The number of rotatable bonds is 6. The Bertz CT molecular complexity index is 1710. The van der Waals surface area contributed by atoms with Gasteiger partial charge in [-0.2, -0.15) is 4.68 Å². The monoisotopic (exact) mass is 631 g/mol. The van der Waals surface area contributed by atoms with Crippen LogP contribution in [-0.2, 0) is 19.1 Å². The highest BCUT2D eigenvalue weighted by molar-refractivity contribution is 6.30. The van der Waals surface area contributed by atoms with Gasteiger partial charge < -0.3 is 20.1 Å². The summed E-state index contributed by atoms with van der Waals surface area (Å²) in [7, 11) is 2.61. The number of nitrogens with one attached hydrogen (secondary N) is 3. The van der Waals surface area contributed by atoms with Crippen molar-refractivity contribution in [2.75, 3.05) is 24.9 Å². The predicted molar refractivity (Wildman–Crippen MR) is 165 cm³/mol. The van der Waals surface area contributed by atoms with Crippen LogP contribution in [-0.4, -0.2) is 68.4 Å². The normalized spacial score (nSPS) is 16.3. The first-order valence-corrected chi connectivity index (χ1v) is 14.4. The van der Waals surface area contributed by atoms with Gasteiger partial charge in [0.1, 0.15) is 18.7 Å². The Morgan fingerprint density at radius 3 is 2.67 bits per heavy atom. The fraction of sp³-hybridized carbons (Fsp3) is 0.267. The molecule has 0 saturated carbocycles. The van der Waals surface area contributed by atoms with Crippen molar-refractivity contribution < 1.29 is 23.9 Å². The number of amides is 2. The number of carbonyl (C=O) groups excluding carboxylic acids is 3. The first-order chi connectivity index (χ1) is 21.8. The van der Waals surface area contributed by atoms with Crippen molar-refractivity contribution in [1.29, 1.82) is 0 Å². The molecule has 3 N–H and O–H groups in total. The Hall–Kier alpha value is -5.37. The lowest BCUT2D eigenvalue weighted by molar-refractivity contribution is -0.141. The van der Waals surface area contributed by atoms with Crippen LogP contribution in [0, 0.1) is 0 Å². The molecule has 2 aromatic heterocycles. The summed E-state index contributed by atoms with van der Waals surface area (Å²) in [6.07, 6.45) is 7.66. The first-order valence-electron chi connectivity index (χ1n) is 14.0. The second-order valence-corrected chi connectivity index (χ2v) is 10.5. The van der Waals surface area contributed by atoms with Crippen LogP contribution in [0.25, 0.3) is 23.0 Å². The summed E-state index contributed by atoms with van der Waals surface area (Å²) >= 11 is 6.22. The maximum Gasteiger partial charge on any atom is 0.411 e. The predicted octanol–water partition coefficient (Wildman–Crippen LogP) is 4.35. The van der Waals surface area contributed by atoms with Crippen molar-refractivity contribution in [3.63, 3.8) is 0 Å². The van der Waals surface area contributed by atoms with Crippen LogP contribution in [0.5, 0.6) is 0 Å². The molecular formula is C30H30ClN9O5.